The second-order valence-electron chi connectivity index (χ2n) is 7.19. The summed E-state index contributed by atoms with van der Waals surface area (Å²) in [5.74, 6) is -2.35. The molecule has 0 unspecified atom stereocenters. The second kappa shape index (κ2) is 5.73. The van der Waals surface area contributed by atoms with Gasteiger partial charge in [0, 0.05) is 0 Å². The Balaban J connectivity index is 1.82. The number of rotatable bonds is 5. The molecular weight excluding hydrogens is 377 g/mol. The van der Waals surface area contributed by atoms with Crippen LogP contribution in [0.1, 0.15) is 38.7 Å². The predicted octanol–water partition coefficient (Wildman–Crippen LogP) is 3.73. The van der Waals surface area contributed by atoms with Gasteiger partial charge in [0.1, 0.15) is 5.56 Å². The summed E-state index contributed by atoms with van der Waals surface area (Å²) in [5, 5.41) is 11.1. The lowest BCUT2D eigenvalue weighted by molar-refractivity contribution is -0.217. The van der Waals surface area contributed by atoms with E-state index in [1.54, 1.807) is 13.8 Å². The van der Waals surface area contributed by atoms with Gasteiger partial charge in [0.15, 0.2) is 5.82 Å². The van der Waals surface area contributed by atoms with Crippen LogP contribution in [0.3, 0.4) is 0 Å². The SMILES string of the molecule is CC(C)Oc1nc(NC(=O)C23CC(C(=O)O)(C2)C3)c(Cl)cc1C(F)(F)F. The largest absolute Gasteiger partial charge is 0.481 e. The molecule has 1 heterocycles. The van der Waals surface area contributed by atoms with E-state index in [2.05, 4.69) is 10.3 Å². The zero-order valence-corrected chi connectivity index (χ0v) is 14.7. The lowest BCUT2D eigenvalue weighted by Crippen LogP contribution is -2.69. The molecule has 0 aliphatic heterocycles. The van der Waals surface area contributed by atoms with Crippen LogP contribution in [0.5, 0.6) is 5.88 Å². The van der Waals surface area contributed by atoms with Gasteiger partial charge in [-0.3, -0.25) is 9.59 Å². The number of amides is 1. The van der Waals surface area contributed by atoms with Crippen molar-refractivity contribution in [3.8, 4) is 5.88 Å². The van der Waals surface area contributed by atoms with Gasteiger partial charge in [0.25, 0.3) is 0 Å². The van der Waals surface area contributed by atoms with Gasteiger partial charge in [-0.05, 0) is 39.2 Å². The van der Waals surface area contributed by atoms with Crippen molar-refractivity contribution in [1.29, 1.82) is 0 Å². The number of carbonyl (C=O) groups is 2. The first-order chi connectivity index (χ1) is 11.9. The second-order valence-corrected chi connectivity index (χ2v) is 7.59. The average molecular weight is 393 g/mol. The lowest BCUT2D eigenvalue weighted by Gasteiger charge is -2.66. The third-order valence-electron chi connectivity index (χ3n) is 4.79. The van der Waals surface area contributed by atoms with E-state index in [1.807, 2.05) is 0 Å². The summed E-state index contributed by atoms with van der Waals surface area (Å²) in [7, 11) is 0. The number of ether oxygens (including phenoxy) is 1. The molecule has 0 saturated heterocycles. The maximum atomic E-state index is 13.1. The minimum atomic E-state index is -4.72. The molecule has 1 aromatic heterocycles. The fourth-order valence-corrected chi connectivity index (χ4v) is 3.77. The van der Waals surface area contributed by atoms with Gasteiger partial charge in [-0.15, -0.1) is 0 Å². The van der Waals surface area contributed by atoms with Crippen LogP contribution in [0.25, 0.3) is 0 Å². The van der Waals surface area contributed by atoms with Crippen molar-refractivity contribution < 1.29 is 32.6 Å². The normalized spacial score (nSPS) is 26.7. The highest BCUT2D eigenvalue weighted by molar-refractivity contribution is 6.33. The Hall–Kier alpha value is -2.03. The first-order valence-corrected chi connectivity index (χ1v) is 8.26. The van der Waals surface area contributed by atoms with Crippen LogP contribution in [-0.4, -0.2) is 28.1 Å². The van der Waals surface area contributed by atoms with E-state index in [0.717, 1.165) is 0 Å². The molecular formula is C16H16ClF3N2O4. The third-order valence-corrected chi connectivity index (χ3v) is 5.08. The minimum absolute atomic E-state index is 0.203. The molecule has 3 aliphatic rings. The highest BCUT2D eigenvalue weighted by Gasteiger charge is 2.75. The number of carboxylic acids is 1. The molecule has 0 atom stereocenters. The van der Waals surface area contributed by atoms with Crippen LogP contribution < -0.4 is 10.1 Å². The summed E-state index contributed by atoms with van der Waals surface area (Å²) in [6, 6.07) is 0.655. The topological polar surface area (TPSA) is 88.5 Å². The van der Waals surface area contributed by atoms with Gasteiger partial charge in [0.2, 0.25) is 11.8 Å². The predicted molar refractivity (Wildman–Crippen MR) is 85.0 cm³/mol. The zero-order chi connectivity index (χ0) is 19.5. The molecule has 4 rings (SSSR count). The number of nitrogens with one attached hydrogen (secondary N) is 1. The number of carbonyl (C=O) groups excluding carboxylic acids is 1. The highest BCUT2D eigenvalue weighted by Crippen LogP contribution is 2.73. The minimum Gasteiger partial charge on any atom is -0.481 e. The summed E-state index contributed by atoms with van der Waals surface area (Å²) < 4.78 is 44.5. The maximum Gasteiger partial charge on any atom is 0.421 e. The van der Waals surface area contributed by atoms with E-state index in [0.29, 0.717) is 6.07 Å². The van der Waals surface area contributed by atoms with Gasteiger partial charge < -0.3 is 15.2 Å². The standard InChI is InChI=1S/C16H16ClF3N2O4/c1-7(2)26-11-8(16(18,19)20)3-9(17)10(21-11)22-12(23)14-4-15(5-14,6-14)13(24)25/h3,7H,4-6H2,1-2H3,(H,24,25)(H,21,22,23). The van der Waals surface area contributed by atoms with E-state index in [9.17, 15) is 22.8 Å². The Morgan fingerprint density at radius 1 is 1.31 bits per heavy atom. The highest BCUT2D eigenvalue weighted by atomic mass is 35.5. The molecule has 3 fully saturated rings. The molecule has 0 radical (unpaired) electrons. The number of aromatic nitrogens is 1. The average Bonchev–Trinajstić information content (AvgIpc) is 2.36. The first kappa shape index (κ1) is 18.8. The van der Waals surface area contributed by atoms with Crippen LogP contribution in [0.4, 0.5) is 19.0 Å². The zero-order valence-electron chi connectivity index (χ0n) is 13.9. The first-order valence-electron chi connectivity index (χ1n) is 7.88. The number of pyridine rings is 1. The smallest absolute Gasteiger partial charge is 0.421 e. The number of hydrogen-bond acceptors (Lipinski definition) is 4. The van der Waals surface area contributed by atoms with Crippen molar-refractivity contribution in [1.82, 2.24) is 4.98 Å². The van der Waals surface area contributed by atoms with Gasteiger partial charge >= 0.3 is 12.1 Å². The summed E-state index contributed by atoms with van der Waals surface area (Å²) in [5.41, 5.74) is -2.80. The molecule has 1 amide bonds. The van der Waals surface area contributed by atoms with E-state index in [-0.39, 0.29) is 30.1 Å². The number of hydrogen-bond donors (Lipinski definition) is 2. The molecule has 0 spiro atoms. The van der Waals surface area contributed by atoms with E-state index < -0.39 is 46.4 Å². The van der Waals surface area contributed by atoms with Crippen molar-refractivity contribution in [3.63, 3.8) is 0 Å². The van der Waals surface area contributed by atoms with Gasteiger partial charge in [-0.2, -0.15) is 18.2 Å². The Labute approximate surface area is 151 Å². The molecule has 0 aromatic carbocycles. The summed E-state index contributed by atoms with van der Waals surface area (Å²) >= 11 is 5.86. The van der Waals surface area contributed by atoms with Crippen LogP contribution in [0.2, 0.25) is 5.02 Å². The lowest BCUT2D eigenvalue weighted by atomic mass is 9.35. The Bertz CT molecular complexity index is 775. The molecule has 2 N–H and O–H groups in total. The number of halogens is 4. The van der Waals surface area contributed by atoms with E-state index in [1.165, 1.54) is 0 Å². The quantitative estimate of drug-likeness (QED) is 0.797. The van der Waals surface area contributed by atoms with Gasteiger partial charge in [0.05, 0.1) is 22.0 Å². The van der Waals surface area contributed by atoms with Crippen molar-refractivity contribution >= 4 is 29.3 Å². The number of nitrogens with zero attached hydrogens (tertiary/aromatic N) is 1. The van der Waals surface area contributed by atoms with Gasteiger partial charge in [-0.25, -0.2) is 0 Å². The van der Waals surface area contributed by atoms with Crippen molar-refractivity contribution in [3.05, 3.63) is 16.7 Å². The summed E-state index contributed by atoms with van der Waals surface area (Å²) in [6.07, 6.45) is -4.68. The van der Waals surface area contributed by atoms with Crippen LogP contribution in [-0.2, 0) is 15.8 Å². The molecule has 3 aliphatic carbocycles. The van der Waals surface area contributed by atoms with Crippen LogP contribution in [0, 0.1) is 10.8 Å². The Kier molecular flexibility index (Phi) is 4.14. The molecule has 1 aromatic rings. The number of alkyl halides is 3. The molecule has 6 nitrogen and oxygen atoms in total. The van der Waals surface area contributed by atoms with Crippen LogP contribution in [0.15, 0.2) is 6.07 Å². The third kappa shape index (κ3) is 2.87. The van der Waals surface area contributed by atoms with Crippen molar-refractivity contribution in [2.24, 2.45) is 10.8 Å². The summed E-state index contributed by atoms with van der Waals surface area (Å²) in [4.78, 5) is 27.3. The number of aliphatic carboxylic acids is 1. The number of carboxylic acid groups (broad SMARTS) is 1. The summed E-state index contributed by atoms with van der Waals surface area (Å²) in [6.45, 7) is 3.09. The molecule has 142 valence electrons. The fourth-order valence-electron chi connectivity index (χ4n) is 3.57. The van der Waals surface area contributed by atoms with Gasteiger partial charge in [-0.1, -0.05) is 11.6 Å². The Morgan fingerprint density at radius 2 is 1.88 bits per heavy atom. The molecule has 3 saturated carbocycles. The van der Waals surface area contributed by atoms with Crippen molar-refractivity contribution in [2.45, 2.75) is 45.4 Å². The van der Waals surface area contributed by atoms with Crippen LogP contribution >= 0.6 is 11.6 Å². The monoisotopic (exact) mass is 392 g/mol. The maximum absolute atomic E-state index is 13.1. The molecule has 26 heavy (non-hydrogen) atoms. The molecule has 10 heteroatoms. The van der Waals surface area contributed by atoms with E-state index >= 15 is 0 Å². The van der Waals surface area contributed by atoms with E-state index in [4.69, 9.17) is 21.4 Å². The number of anilines is 1. The fraction of sp³-hybridized carbons (Fsp3) is 0.562. The van der Waals surface area contributed by atoms with Crippen molar-refractivity contribution in [2.75, 3.05) is 5.32 Å². The molecule has 2 bridgehead atoms. The Morgan fingerprint density at radius 3 is 2.35 bits per heavy atom.